The Kier molecular flexibility index (Phi) is 6.65. The molecule has 0 saturated heterocycles. The predicted molar refractivity (Wildman–Crippen MR) is 174 cm³/mol. The Morgan fingerprint density at radius 2 is 1.52 bits per heavy atom. The van der Waals surface area contributed by atoms with Crippen molar-refractivity contribution in [1.82, 2.24) is 4.58 Å². The van der Waals surface area contributed by atoms with Crippen LogP contribution in [0.3, 0.4) is 0 Å². The quantitative estimate of drug-likeness (QED) is 0.270. The van der Waals surface area contributed by atoms with E-state index in [1.165, 1.54) is 18.2 Å². The van der Waals surface area contributed by atoms with E-state index < -0.39 is 11.9 Å². The first-order chi connectivity index (χ1) is 20.7. The predicted octanol–water partition coefficient (Wildman–Crippen LogP) is 6.16. The summed E-state index contributed by atoms with van der Waals surface area (Å²) in [5, 5.41) is 22.0. The Balaban J connectivity index is 1.80. The molecule has 0 aliphatic carbocycles. The lowest BCUT2D eigenvalue weighted by Crippen LogP contribution is -2.49. The molecule has 3 aliphatic rings. The van der Waals surface area contributed by atoms with Crippen LogP contribution < -0.4 is 24.8 Å². The summed E-state index contributed by atoms with van der Waals surface area (Å²) in [5.74, 6) is -1.03. The van der Waals surface area contributed by atoms with Crippen LogP contribution in [0.15, 0.2) is 54.6 Å². The van der Waals surface area contributed by atoms with Crippen LogP contribution in [0.5, 0.6) is 11.5 Å². The summed E-state index contributed by atoms with van der Waals surface area (Å²) in [4.78, 5) is 27.1. The van der Waals surface area contributed by atoms with E-state index >= 15 is 0 Å². The maximum atomic E-state index is 12.6. The maximum Gasteiger partial charge on any atom is 0.336 e. The van der Waals surface area contributed by atoms with Gasteiger partial charge in [0.2, 0.25) is 5.36 Å². The van der Waals surface area contributed by atoms with Gasteiger partial charge in [-0.3, -0.25) is 0 Å². The normalized spacial score (nSPS) is 17.4. The molecule has 0 aromatic heterocycles. The number of carbonyl (C=O) groups is 2. The second-order valence-electron chi connectivity index (χ2n) is 13.0. The Hall–Kier alpha value is -4.65. The first-order valence-corrected chi connectivity index (χ1v) is 15.2. The van der Waals surface area contributed by atoms with E-state index in [2.05, 4.69) is 101 Å². The third-order valence-electron chi connectivity index (χ3n) is 9.32. The number of hydrogen-bond acceptors (Lipinski definition) is 4. The largest absolute Gasteiger partial charge is 0.478 e. The molecule has 3 aromatic rings. The highest BCUT2D eigenvalue weighted by Gasteiger charge is 2.36. The molecule has 2 N–H and O–H groups in total. The van der Waals surface area contributed by atoms with E-state index in [4.69, 9.17) is 4.74 Å². The summed E-state index contributed by atoms with van der Waals surface area (Å²) in [5.41, 5.74) is 6.72. The van der Waals surface area contributed by atoms with Crippen LogP contribution in [0.25, 0.3) is 16.7 Å². The van der Waals surface area contributed by atoms with Gasteiger partial charge in [0.1, 0.15) is 18.0 Å². The minimum Gasteiger partial charge on any atom is -0.478 e. The average molecular weight is 592 g/mol. The lowest BCUT2D eigenvalue weighted by Gasteiger charge is -2.43. The Morgan fingerprint density at radius 1 is 0.818 bits per heavy atom. The number of anilines is 1. The van der Waals surface area contributed by atoms with Gasteiger partial charge in [-0.1, -0.05) is 6.08 Å². The van der Waals surface area contributed by atoms with Gasteiger partial charge < -0.3 is 19.8 Å². The van der Waals surface area contributed by atoms with E-state index in [0.717, 1.165) is 57.2 Å². The number of nitrogens with zero attached hydrogens (tertiary/aromatic N) is 2. The molecule has 0 fully saturated rings. The highest BCUT2D eigenvalue weighted by Crippen LogP contribution is 2.46. The Morgan fingerprint density at radius 3 is 2.16 bits per heavy atom. The third-order valence-corrected chi connectivity index (χ3v) is 9.32. The number of fused-ring (bicyclic) bond motifs is 4. The van der Waals surface area contributed by atoms with Crippen molar-refractivity contribution in [2.75, 3.05) is 18.0 Å². The second-order valence-corrected chi connectivity index (χ2v) is 13.0. The number of carboxylic acids is 2. The molecule has 0 spiro atoms. The molecule has 0 amide bonds. The maximum absolute atomic E-state index is 12.6. The second kappa shape index (κ2) is 9.94. The molecule has 3 aromatic carbocycles. The SMILES string of the molecule is CCN1c2cc3c(cc2C(C)=CC1(C)C)C(c1cc(C(=O)O)ccc1C(=O)O)=c1cc2c(cc1O3)=[N+](CC)C(C)(C)C=C2C. The molecule has 6 rings (SSSR count). The van der Waals surface area contributed by atoms with Gasteiger partial charge in [-0.15, -0.1) is 0 Å². The molecular weight excluding hydrogens is 552 g/mol. The highest BCUT2D eigenvalue weighted by atomic mass is 16.5. The van der Waals surface area contributed by atoms with Gasteiger partial charge >= 0.3 is 11.9 Å². The number of ether oxygens (including phenoxy) is 1. The molecule has 0 unspecified atom stereocenters. The number of likely N-dealkylation sites (N-methyl/N-ethyl adjacent to an activating group) is 2. The van der Waals surface area contributed by atoms with Crippen LogP contribution in [0.2, 0.25) is 0 Å². The van der Waals surface area contributed by atoms with Crippen molar-refractivity contribution in [2.24, 2.45) is 0 Å². The van der Waals surface area contributed by atoms with Crippen LogP contribution >= 0.6 is 0 Å². The molecule has 44 heavy (non-hydrogen) atoms. The van der Waals surface area contributed by atoms with E-state index in [1.54, 1.807) is 0 Å². The minimum absolute atomic E-state index is 0.0213. The molecule has 0 atom stereocenters. The van der Waals surface area contributed by atoms with Crippen molar-refractivity contribution in [3.63, 3.8) is 0 Å². The van der Waals surface area contributed by atoms with Crippen molar-refractivity contribution in [1.29, 1.82) is 0 Å². The summed E-state index contributed by atoms with van der Waals surface area (Å²) in [6.45, 7) is 18.8. The lowest BCUT2D eigenvalue weighted by molar-refractivity contribution is 0.0681. The van der Waals surface area contributed by atoms with Gasteiger partial charge in [-0.25, -0.2) is 14.2 Å². The van der Waals surface area contributed by atoms with Gasteiger partial charge in [-0.05, 0) is 94.7 Å². The van der Waals surface area contributed by atoms with E-state index in [1.807, 2.05) is 0 Å². The molecule has 7 heteroatoms. The molecular formula is C37H39N2O5+. The van der Waals surface area contributed by atoms with Crippen molar-refractivity contribution in [2.45, 2.75) is 66.5 Å². The van der Waals surface area contributed by atoms with Crippen LogP contribution in [-0.4, -0.2) is 46.3 Å². The zero-order chi connectivity index (χ0) is 31.9. The smallest absolute Gasteiger partial charge is 0.336 e. The van der Waals surface area contributed by atoms with Gasteiger partial charge in [0.25, 0.3) is 0 Å². The fourth-order valence-corrected chi connectivity index (χ4v) is 7.55. The lowest BCUT2D eigenvalue weighted by atomic mass is 9.83. The fraction of sp³-hybridized carbons (Fsp3) is 0.324. The number of rotatable bonds is 5. The number of benzene rings is 3. The first-order valence-electron chi connectivity index (χ1n) is 15.2. The molecule has 0 radical (unpaired) electrons. The standard InChI is InChI=1S/C37H38N2O5/c1-9-38-29-16-31-27(14-24(29)20(3)18-36(38,5)6)33(26-13-22(34(40)41)11-12-23(26)35(42)43)28-15-25-21(4)19-37(7,8)39(10-2)30(25)17-32(28)44-31/h11-19H,9-10H2,1-8H3,(H-,40,41,42,43)/p+1. The number of carboxylic acid groups (broad SMARTS) is 2. The summed E-state index contributed by atoms with van der Waals surface area (Å²) in [6.07, 6.45) is 4.50. The molecule has 3 heterocycles. The molecule has 0 bridgehead atoms. The number of aromatic carboxylic acids is 2. The van der Waals surface area contributed by atoms with Crippen LogP contribution in [0.4, 0.5) is 5.69 Å². The topological polar surface area (TPSA) is 90.1 Å². The Labute approximate surface area is 257 Å². The van der Waals surface area contributed by atoms with E-state index in [0.29, 0.717) is 22.6 Å². The number of hydrogen-bond donors (Lipinski definition) is 2. The zero-order valence-electron chi connectivity index (χ0n) is 26.6. The van der Waals surface area contributed by atoms with Crippen molar-refractivity contribution < 1.29 is 24.5 Å². The minimum atomic E-state index is -1.13. The molecule has 3 aliphatic heterocycles. The molecule has 226 valence electrons. The molecule has 0 saturated carbocycles. The molecule has 7 nitrogen and oxygen atoms in total. The Bertz CT molecular complexity index is 1990. The summed E-state index contributed by atoms with van der Waals surface area (Å²) in [7, 11) is 0. The van der Waals surface area contributed by atoms with Gasteiger partial charge in [0.15, 0.2) is 5.54 Å². The number of allylic oxidation sites excluding steroid dienone is 2. The van der Waals surface area contributed by atoms with Crippen LogP contribution in [0, 0.1) is 0 Å². The van der Waals surface area contributed by atoms with Gasteiger partial charge in [0.05, 0.1) is 22.7 Å². The summed E-state index contributed by atoms with van der Waals surface area (Å²) < 4.78 is 9.09. The van der Waals surface area contributed by atoms with Crippen LogP contribution in [-0.2, 0) is 0 Å². The van der Waals surface area contributed by atoms with Crippen molar-refractivity contribution in [3.8, 4) is 11.5 Å². The first kappa shape index (κ1) is 29.4. The highest BCUT2D eigenvalue weighted by molar-refractivity contribution is 6.01. The third kappa shape index (κ3) is 4.36. The van der Waals surface area contributed by atoms with E-state index in [9.17, 15) is 19.8 Å². The monoisotopic (exact) mass is 591 g/mol. The summed E-state index contributed by atoms with van der Waals surface area (Å²) in [6, 6.07) is 12.5. The fourth-order valence-electron chi connectivity index (χ4n) is 7.55. The van der Waals surface area contributed by atoms with Crippen molar-refractivity contribution >= 4 is 34.3 Å². The summed E-state index contributed by atoms with van der Waals surface area (Å²) >= 11 is 0. The van der Waals surface area contributed by atoms with E-state index in [-0.39, 0.29) is 22.2 Å². The van der Waals surface area contributed by atoms with Gasteiger partial charge in [-0.2, -0.15) is 0 Å². The van der Waals surface area contributed by atoms with Crippen LogP contribution in [0.1, 0.15) is 98.4 Å². The average Bonchev–Trinajstić information content (AvgIpc) is 2.93. The van der Waals surface area contributed by atoms with Crippen molar-refractivity contribution in [3.05, 3.63) is 98.6 Å². The zero-order valence-corrected chi connectivity index (χ0v) is 26.6. The van der Waals surface area contributed by atoms with Gasteiger partial charge in [0, 0.05) is 59.6 Å².